The number of amides is 1. The summed E-state index contributed by atoms with van der Waals surface area (Å²) < 4.78 is 0. The summed E-state index contributed by atoms with van der Waals surface area (Å²) in [5, 5.41) is 0. The maximum absolute atomic E-state index is 11.4. The van der Waals surface area contributed by atoms with Crippen LogP contribution in [0.2, 0.25) is 0 Å². The Labute approximate surface area is 67.9 Å². The van der Waals surface area contributed by atoms with Crippen molar-refractivity contribution in [3.63, 3.8) is 0 Å². The highest BCUT2D eigenvalue weighted by Gasteiger charge is 2.33. The van der Waals surface area contributed by atoms with Crippen LogP contribution in [-0.4, -0.2) is 16.8 Å². The van der Waals surface area contributed by atoms with E-state index in [0.717, 1.165) is 12.8 Å². The van der Waals surface area contributed by atoms with Gasteiger partial charge in [0.05, 0.1) is 0 Å². The predicted molar refractivity (Wildman–Crippen MR) is 44.9 cm³/mol. The van der Waals surface area contributed by atoms with Gasteiger partial charge in [0.25, 0.3) is 0 Å². The van der Waals surface area contributed by atoms with Gasteiger partial charge in [-0.1, -0.05) is 20.4 Å². The number of hydrogen-bond acceptors (Lipinski definition) is 1. The summed E-state index contributed by atoms with van der Waals surface area (Å²) in [7, 11) is 0. The molecule has 0 aliphatic carbocycles. The van der Waals surface area contributed by atoms with E-state index >= 15 is 0 Å². The van der Waals surface area contributed by atoms with Gasteiger partial charge >= 0.3 is 0 Å². The quantitative estimate of drug-likeness (QED) is 0.592. The molecule has 62 valence electrons. The molecule has 0 aromatic heterocycles. The molecular weight excluding hydrogens is 138 g/mol. The molecule has 2 nitrogen and oxygen atoms in total. The van der Waals surface area contributed by atoms with Crippen LogP contribution in [-0.2, 0) is 4.79 Å². The van der Waals surface area contributed by atoms with Crippen molar-refractivity contribution in [1.29, 1.82) is 0 Å². The standard InChI is InChI=1S/C9H15NO/c1-4-8-6-7(3)9(11)10(8)5-2/h5,7-8H,2,4,6H2,1,3H3/t7?,8-/m0/s1. The summed E-state index contributed by atoms with van der Waals surface area (Å²) in [5.74, 6) is 0.421. The Morgan fingerprint density at radius 2 is 2.45 bits per heavy atom. The fourth-order valence-electron chi connectivity index (χ4n) is 1.66. The molecule has 1 unspecified atom stereocenters. The smallest absolute Gasteiger partial charge is 0.229 e. The zero-order valence-corrected chi connectivity index (χ0v) is 7.21. The number of rotatable bonds is 2. The van der Waals surface area contributed by atoms with E-state index in [1.807, 2.05) is 6.92 Å². The second-order valence-electron chi connectivity index (χ2n) is 3.13. The van der Waals surface area contributed by atoms with Crippen LogP contribution in [0.1, 0.15) is 26.7 Å². The second kappa shape index (κ2) is 3.07. The molecule has 11 heavy (non-hydrogen) atoms. The molecule has 0 radical (unpaired) electrons. The highest BCUT2D eigenvalue weighted by atomic mass is 16.2. The number of carbonyl (C=O) groups is 1. The lowest BCUT2D eigenvalue weighted by molar-refractivity contribution is -0.129. The Balaban J connectivity index is 2.72. The van der Waals surface area contributed by atoms with Crippen LogP contribution in [0.25, 0.3) is 0 Å². The summed E-state index contributed by atoms with van der Waals surface area (Å²) in [6, 6.07) is 0.398. The van der Waals surface area contributed by atoms with Crippen LogP contribution in [0.5, 0.6) is 0 Å². The largest absolute Gasteiger partial charge is 0.316 e. The zero-order valence-electron chi connectivity index (χ0n) is 7.21. The van der Waals surface area contributed by atoms with Gasteiger partial charge in [-0.2, -0.15) is 0 Å². The van der Waals surface area contributed by atoms with E-state index in [4.69, 9.17) is 0 Å². The average Bonchev–Trinajstić information content (AvgIpc) is 2.28. The van der Waals surface area contributed by atoms with E-state index in [1.54, 1.807) is 11.1 Å². The number of likely N-dealkylation sites (tertiary alicyclic amines) is 1. The first-order chi connectivity index (χ1) is 5.20. The van der Waals surface area contributed by atoms with Gasteiger partial charge in [-0.3, -0.25) is 4.79 Å². The van der Waals surface area contributed by atoms with Crippen LogP contribution in [0, 0.1) is 5.92 Å². The minimum Gasteiger partial charge on any atom is -0.316 e. The van der Waals surface area contributed by atoms with Crippen molar-refractivity contribution in [2.45, 2.75) is 32.7 Å². The van der Waals surface area contributed by atoms with Crippen molar-refractivity contribution < 1.29 is 4.79 Å². The Morgan fingerprint density at radius 3 is 2.82 bits per heavy atom. The van der Waals surface area contributed by atoms with Gasteiger partial charge in [-0.25, -0.2) is 0 Å². The van der Waals surface area contributed by atoms with Crippen molar-refractivity contribution in [3.05, 3.63) is 12.8 Å². The van der Waals surface area contributed by atoms with Crippen LogP contribution < -0.4 is 0 Å². The fraction of sp³-hybridized carbons (Fsp3) is 0.667. The van der Waals surface area contributed by atoms with Gasteiger partial charge in [0.2, 0.25) is 5.91 Å². The van der Waals surface area contributed by atoms with Crippen molar-refractivity contribution in [3.8, 4) is 0 Å². The molecule has 0 aromatic carbocycles. The molecular formula is C9H15NO. The first-order valence-electron chi connectivity index (χ1n) is 4.15. The monoisotopic (exact) mass is 153 g/mol. The fourth-order valence-corrected chi connectivity index (χ4v) is 1.66. The van der Waals surface area contributed by atoms with Gasteiger partial charge in [0.15, 0.2) is 0 Å². The zero-order chi connectivity index (χ0) is 8.43. The Bertz CT molecular complexity index is 176. The molecule has 1 rings (SSSR count). The average molecular weight is 153 g/mol. The third-order valence-electron chi connectivity index (χ3n) is 2.36. The van der Waals surface area contributed by atoms with Crippen LogP contribution in [0.3, 0.4) is 0 Å². The summed E-state index contributed by atoms with van der Waals surface area (Å²) in [6.45, 7) is 7.72. The van der Waals surface area contributed by atoms with Crippen LogP contribution in [0.4, 0.5) is 0 Å². The van der Waals surface area contributed by atoms with Gasteiger partial charge in [-0.05, 0) is 19.0 Å². The molecule has 2 heteroatoms. The molecule has 1 fully saturated rings. The van der Waals surface area contributed by atoms with Crippen molar-refractivity contribution in [1.82, 2.24) is 4.90 Å². The lowest BCUT2D eigenvalue weighted by atomic mass is 10.1. The molecule has 0 aromatic rings. The molecule has 1 amide bonds. The third kappa shape index (κ3) is 1.30. The first-order valence-corrected chi connectivity index (χ1v) is 4.15. The normalized spacial score (nSPS) is 31.1. The summed E-state index contributed by atoms with van der Waals surface area (Å²) in [5.41, 5.74) is 0. The molecule has 1 saturated heterocycles. The lowest BCUT2D eigenvalue weighted by Crippen LogP contribution is -2.27. The van der Waals surface area contributed by atoms with Crippen LogP contribution >= 0.6 is 0 Å². The van der Waals surface area contributed by atoms with Gasteiger partial charge in [-0.15, -0.1) is 0 Å². The van der Waals surface area contributed by atoms with E-state index in [1.165, 1.54) is 0 Å². The van der Waals surface area contributed by atoms with E-state index in [0.29, 0.717) is 6.04 Å². The Hall–Kier alpha value is -0.790. The van der Waals surface area contributed by atoms with E-state index < -0.39 is 0 Å². The first kappa shape index (κ1) is 8.31. The minimum atomic E-state index is 0.193. The molecule has 1 heterocycles. The van der Waals surface area contributed by atoms with E-state index in [9.17, 15) is 4.79 Å². The minimum absolute atomic E-state index is 0.193. The Morgan fingerprint density at radius 1 is 1.82 bits per heavy atom. The lowest BCUT2D eigenvalue weighted by Gasteiger charge is -2.17. The summed E-state index contributed by atoms with van der Waals surface area (Å²) in [6.07, 6.45) is 3.67. The van der Waals surface area contributed by atoms with Gasteiger partial charge in [0.1, 0.15) is 0 Å². The Kier molecular flexibility index (Phi) is 2.32. The van der Waals surface area contributed by atoms with Gasteiger partial charge in [0, 0.05) is 12.0 Å². The van der Waals surface area contributed by atoms with Gasteiger partial charge < -0.3 is 4.90 Å². The molecule has 2 atom stereocenters. The van der Waals surface area contributed by atoms with E-state index in [2.05, 4.69) is 13.5 Å². The predicted octanol–water partition coefficient (Wildman–Crippen LogP) is 1.78. The number of carbonyl (C=O) groups excluding carboxylic acids is 1. The number of nitrogens with zero attached hydrogens (tertiary/aromatic N) is 1. The van der Waals surface area contributed by atoms with Crippen molar-refractivity contribution in [2.24, 2.45) is 5.92 Å². The topological polar surface area (TPSA) is 20.3 Å². The highest BCUT2D eigenvalue weighted by Crippen LogP contribution is 2.25. The summed E-state index contributed by atoms with van der Waals surface area (Å²) in [4.78, 5) is 13.1. The maximum atomic E-state index is 11.4. The molecule has 0 N–H and O–H groups in total. The highest BCUT2D eigenvalue weighted by molar-refractivity contribution is 5.82. The molecule has 0 saturated carbocycles. The maximum Gasteiger partial charge on any atom is 0.229 e. The number of hydrogen-bond donors (Lipinski definition) is 0. The SMILES string of the molecule is C=CN1C(=O)C(C)C[C@@H]1CC. The second-order valence-corrected chi connectivity index (χ2v) is 3.13. The molecule has 1 aliphatic heterocycles. The van der Waals surface area contributed by atoms with Crippen molar-refractivity contribution in [2.75, 3.05) is 0 Å². The van der Waals surface area contributed by atoms with E-state index in [-0.39, 0.29) is 11.8 Å². The molecule has 1 aliphatic rings. The summed E-state index contributed by atoms with van der Waals surface area (Å²) >= 11 is 0. The molecule has 0 spiro atoms. The van der Waals surface area contributed by atoms with Crippen molar-refractivity contribution >= 4 is 5.91 Å². The third-order valence-corrected chi connectivity index (χ3v) is 2.36. The molecule has 0 bridgehead atoms. The van der Waals surface area contributed by atoms with Crippen LogP contribution in [0.15, 0.2) is 12.8 Å².